The van der Waals surface area contributed by atoms with Crippen LogP contribution in [0.15, 0.2) is 53.4 Å². The number of piperidine rings is 1. The van der Waals surface area contributed by atoms with Gasteiger partial charge in [-0.15, -0.1) is 0 Å². The average molecular weight is 526 g/mol. The summed E-state index contributed by atoms with van der Waals surface area (Å²) >= 11 is 0. The second-order valence-corrected chi connectivity index (χ2v) is 10.9. The van der Waals surface area contributed by atoms with Gasteiger partial charge in [-0.2, -0.15) is 17.5 Å². The molecule has 4 rings (SSSR count). The zero-order valence-electron chi connectivity index (χ0n) is 20.1. The number of sulfonamides is 1. The van der Waals surface area contributed by atoms with E-state index in [9.17, 15) is 26.4 Å². The van der Waals surface area contributed by atoms with Gasteiger partial charge in [0.1, 0.15) is 5.75 Å². The van der Waals surface area contributed by atoms with Crippen molar-refractivity contribution in [2.45, 2.75) is 30.8 Å². The third kappa shape index (κ3) is 5.78. The van der Waals surface area contributed by atoms with Crippen molar-refractivity contribution in [1.82, 2.24) is 9.21 Å². The van der Waals surface area contributed by atoms with Gasteiger partial charge in [-0.3, -0.25) is 4.79 Å². The third-order valence-electron chi connectivity index (χ3n) is 6.64. The van der Waals surface area contributed by atoms with Crippen molar-refractivity contribution in [3.63, 3.8) is 0 Å². The van der Waals surface area contributed by atoms with Crippen molar-refractivity contribution in [3.05, 3.63) is 54.1 Å². The van der Waals surface area contributed by atoms with Crippen molar-refractivity contribution >= 4 is 21.6 Å². The summed E-state index contributed by atoms with van der Waals surface area (Å²) in [6, 6.07) is 11.5. The zero-order valence-corrected chi connectivity index (χ0v) is 20.9. The molecule has 196 valence electrons. The van der Waals surface area contributed by atoms with E-state index in [-0.39, 0.29) is 17.3 Å². The molecule has 0 radical (unpaired) electrons. The fourth-order valence-electron chi connectivity index (χ4n) is 4.71. The van der Waals surface area contributed by atoms with E-state index >= 15 is 0 Å². The molecule has 2 heterocycles. The maximum Gasteiger partial charge on any atom is 0.416 e. The van der Waals surface area contributed by atoms with Gasteiger partial charge in [0.05, 0.1) is 23.0 Å². The fourth-order valence-corrected chi connectivity index (χ4v) is 6.23. The number of benzene rings is 2. The van der Waals surface area contributed by atoms with E-state index in [1.165, 1.54) is 22.5 Å². The molecule has 0 N–H and O–H groups in total. The Bertz CT molecular complexity index is 1160. The van der Waals surface area contributed by atoms with Gasteiger partial charge in [0.2, 0.25) is 15.9 Å². The quantitative estimate of drug-likeness (QED) is 0.573. The predicted molar refractivity (Wildman–Crippen MR) is 129 cm³/mol. The van der Waals surface area contributed by atoms with E-state index in [0.29, 0.717) is 63.6 Å². The number of anilines is 1. The lowest BCUT2D eigenvalue weighted by Crippen LogP contribution is -2.53. The molecule has 2 aliphatic rings. The smallest absolute Gasteiger partial charge is 0.416 e. The summed E-state index contributed by atoms with van der Waals surface area (Å²) in [7, 11) is -3.74. The number of carbonyl (C=O) groups is 1. The molecule has 0 saturated carbocycles. The van der Waals surface area contributed by atoms with Crippen molar-refractivity contribution < 1.29 is 31.1 Å². The number of piperazine rings is 1. The van der Waals surface area contributed by atoms with Gasteiger partial charge in [0.25, 0.3) is 0 Å². The summed E-state index contributed by atoms with van der Waals surface area (Å²) in [6.07, 6.45) is -3.23. The van der Waals surface area contributed by atoms with Gasteiger partial charge < -0.3 is 14.5 Å². The summed E-state index contributed by atoms with van der Waals surface area (Å²) < 4.78 is 72.3. The highest BCUT2D eigenvalue weighted by atomic mass is 32.2. The van der Waals surface area contributed by atoms with Crippen LogP contribution in [-0.2, 0) is 21.0 Å². The normalized spacial score (nSPS) is 19.8. The van der Waals surface area contributed by atoms with Crippen LogP contribution in [0.3, 0.4) is 0 Å². The minimum absolute atomic E-state index is 0.106. The van der Waals surface area contributed by atoms with Crippen LogP contribution in [0.1, 0.15) is 25.3 Å². The van der Waals surface area contributed by atoms with Gasteiger partial charge in [0, 0.05) is 45.0 Å². The molecule has 0 aromatic heterocycles. The van der Waals surface area contributed by atoms with Crippen LogP contribution in [0.2, 0.25) is 0 Å². The lowest BCUT2D eigenvalue weighted by atomic mass is 9.97. The first kappa shape index (κ1) is 26.3. The second kappa shape index (κ2) is 10.7. The van der Waals surface area contributed by atoms with Crippen molar-refractivity contribution in [2.24, 2.45) is 5.92 Å². The number of nitrogens with zero attached hydrogens (tertiary/aromatic N) is 3. The molecule has 1 atom stereocenters. The van der Waals surface area contributed by atoms with E-state index in [1.807, 2.05) is 11.8 Å². The maximum atomic E-state index is 13.2. The molecule has 2 fully saturated rings. The van der Waals surface area contributed by atoms with Crippen LogP contribution in [0, 0.1) is 5.92 Å². The standard InChI is InChI=1S/C25H30F3N3O4S/c1-2-35-22-8-10-23(11-9-22)36(33,34)31-12-4-5-19(18-31)24(32)30-15-13-29(14-16-30)21-7-3-6-20(17-21)25(26,27)28/h3,6-11,17,19H,2,4-5,12-16,18H2,1H3/t19-/m1/s1. The van der Waals surface area contributed by atoms with E-state index in [0.717, 1.165) is 12.1 Å². The molecule has 2 saturated heterocycles. The molecule has 0 bridgehead atoms. The monoisotopic (exact) mass is 525 g/mol. The lowest BCUT2D eigenvalue weighted by Gasteiger charge is -2.39. The molecule has 36 heavy (non-hydrogen) atoms. The highest BCUT2D eigenvalue weighted by Crippen LogP contribution is 2.32. The molecule has 11 heteroatoms. The molecule has 2 aromatic carbocycles. The topological polar surface area (TPSA) is 70.2 Å². The number of amides is 1. The van der Waals surface area contributed by atoms with E-state index in [2.05, 4.69) is 0 Å². The van der Waals surface area contributed by atoms with Gasteiger partial charge in [-0.25, -0.2) is 8.42 Å². The number of ether oxygens (including phenoxy) is 1. The van der Waals surface area contributed by atoms with Gasteiger partial charge in [-0.05, 0) is 62.2 Å². The lowest BCUT2D eigenvalue weighted by molar-refractivity contribution is -0.137. The Morgan fingerprint density at radius 2 is 1.72 bits per heavy atom. The van der Waals surface area contributed by atoms with Gasteiger partial charge in [-0.1, -0.05) is 6.07 Å². The average Bonchev–Trinajstić information content (AvgIpc) is 2.88. The Morgan fingerprint density at radius 1 is 1.03 bits per heavy atom. The van der Waals surface area contributed by atoms with Crippen LogP contribution >= 0.6 is 0 Å². The Labute approximate surface area is 209 Å². The van der Waals surface area contributed by atoms with Crippen molar-refractivity contribution in [3.8, 4) is 5.75 Å². The highest BCUT2D eigenvalue weighted by molar-refractivity contribution is 7.89. The van der Waals surface area contributed by atoms with Crippen molar-refractivity contribution in [2.75, 3.05) is 50.8 Å². The Balaban J connectivity index is 1.37. The number of carbonyl (C=O) groups excluding carboxylic acids is 1. The van der Waals surface area contributed by atoms with Crippen LogP contribution in [0.5, 0.6) is 5.75 Å². The number of rotatable bonds is 6. The molecule has 2 aromatic rings. The highest BCUT2D eigenvalue weighted by Gasteiger charge is 2.36. The minimum atomic E-state index is -4.41. The molecular formula is C25H30F3N3O4S. The first-order chi connectivity index (χ1) is 17.1. The summed E-state index contributed by atoms with van der Waals surface area (Å²) in [5, 5.41) is 0. The summed E-state index contributed by atoms with van der Waals surface area (Å²) in [4.78, 5) is 16.9. The first-order valence-corrected chi connectivity index (χ1v) is 13.5. The maximum absolute atomic E-state index is 13.2. The summed E-state index contributed by atoms with van der Waals surface area (Å²) in [5.41, 5.74) is -0.225. The Morgan fingerprint density at radius 3 is 2.36 bits per heavy atom. The van der Waals surface area contributed by atoms with Crippen LogP contribution in [0.25, 0.3) is 0 Å². The number of hydrogen-bond donors (Lipinski definition) is 0. The van der Waals surface area contributed by atoms with Crippen molar-refractivity contribution in [1.29, 1.82) is 0 Å². The second-order valence-electron chi connectivity index (χ2n) is 8.97. The van der Waals surface area contributed by atoms with Crippen LogP contribution < -0.4 is 9.64 Å². The first-order valence-electron chi connectivity index (χ1n) is 12.0. The summed E-state index contributed by atoms with van der Waals surface area (Å²) in [6.45, 7) is 4.36. The number of hydrogen-bond acceptors (Lipinski definition) is 5. The molecule has 7 nitrogen and oxygen atoms in total. The van der Waals surface area contributed by atoms with Crippen LogP contribution in [-0.4, -0.2) is 69.4 Å². The molecule has 1 amide bonds. The Hall–Kier alpha value is -2.79. The van der Waals surface area contributed by atoms with E-state index in [1.54, 1.807) is 23.1 Å². The van der Waals surface area contributed by atoms with Gasteiger partial charge in [0.15, 0.2) is 0 Å². The molecule has 0 unspecified atom stereocenters. The number of alkyl halides is 3. The van der Waals surface area contributed by atoms with E-state index in [4.69, 9.17) is 4.74 Å². The molecule has 0 aliphatic carbocycles. The molecular weight excluding hydrogens is 495 g/mol. The largest absolute Gasteiger partial charge is 0.494 e. The third-order valence-corrected chi connectivity index (χ3v) is 8.52. The van der Waals surface area contributed by atoms with Gasteiger partial charge >= 0.3 is 6.18 Å². The SMILES string of the molecule is CCOc1ccc(S(=O)(=O)N2CCC[C@@H](C(=O)N3CCN(c4cccc(C(F)(F)F)c4)CC3)C2)cc1. The predicted octanol–water partition coefficient (Wildman–Crippen LogP) is 3.85. The molecule has 2 aliphatic heterocycles. The minimum Gasteiger partial charge on any atom is -0.494 e. The van der Waals surface area contributed by atoms with E-state index < -0.39 is 27.7 Å². The fraction of sp³-hybridized carbons (Fsp3) is 0.480. The van der Waals surface area contributed by atoms with Crippen LogP contribution in [0.4, 0.5) is 18.9 Å². The molecule has 0 spiro atoms. The Kier molecular flexibility index (Phi) is 7.79. The zero-order chi connectivity index (χ0) is 25.9. The number of halogens is 3. The summed E-state index contributed by atoms with van der Waals surface area (Å²) in [5.74, 6) is 0.0361.